The van der Waals surface area contributed by atoms with Crippen molar-refractivity contribution in [2.24, 2.45) is 5.84 Å². The molecule has 0 aromatic heterocycles. The molecule has 0 saturated carbocycles. The molecule has 2 aromatic carbocycles. The van der Waals surface area contributed by atoms with Crippen molar-refractivity contribution < 1.29 is 13.5 Å². The van der Waals surface area contributed by atoms with Crippen LogP contribution in [0.1, 0.15) is 17.2 Å². The SMILES string of the molecule is COc1ccc(C(NN)c2ccc(F)c(Cl)c2)cc1F. The molecule has 0 aliphatic carbocycles. The van der Waals surface area contributed by atoms with E-state index in [-0.39, 0.29) is 10.8 Å². The number of ether oxygens (including phenoxy) is 1. The first-order valence-electron chi connectivity index (χ1n) is 5.81. The van der Waals surface area contributed by atoms with Gasteiger partial charge in [-0.25, -0.2) is 14.2 Å². The molecule has 1 atom stereocenters. The van der Waals surface area contributed by atoms with Gasteiger partial charge in [-0.05, 0) is 35.4 Å². The first-order chi connectivity index (χ1) is 9.56. The van der Waals surface area contributed by atoms with Crippen LogP contribution < -0.4 is 16.0 Å². The highest BCUT2D eigenvalue weighted by atomic mass is 35.5. The highest BCUT2D eigenvalue weighted by molar-refractivity contribution is 6.30. The zero-order valence-electron chi connectivity index (χ0n) is 10.7. The van der Waals surface area contributed by atoms with Gasteiger partial charge in [0.1, 0.15) is 5.82 Å². The van der Waals surface area contributed by atoms with Crippen LogP contribution in [-0.2, 0) is 0 Å². The van der Waals surface area contributed by atoms with Crippen molar-refractivity contribution in [3.8, 4) is 5.75 Å². The summed E-state index contributed by atoms with van der Waals surface area (Å²) >= 11 is 5.74. The van der Waals surface area contributed by atoms with Crippen molar-refractivity contribution in [1.82, 2.24) is 5.43 Å². The van der Waals surface area contributed by atoms with Crippen molar-refractivity contribution in [2.75, 3.05) is 7.11 Å². The van der Waals surface area contributed by atoms with Crippen LogP contribution in [0.15, 0.2) is 36.4 Å². The molecule has 0 amide bonds. The maximum atomic E-state index is 13.7. The Balaban J connectivity index is 2.41. The Labute approximate surface area is 120 Å². The van der Waals surface area contributed by atoms with Crippen molar-refractivity contribution in [1.29, 1.82) is 0 Å². The van der Waals surface area contributed by atoms with Crippen molar-refractivity contribution in [3.05, 3.63) is 64.2 Å². The Morgan fingerprint density at radius 1 is 1.10 bits per heavy atom. The highest BCUT2D eigenvalue weighted by Crippen LogP contribution is 2.28. The van der Waals surface area contributed by atoms with Gasteiger partial charge in [0.15, 0.2) is 11.6 Å². The Morgan fingerprint density at radius 3 is 2.30 bits per heavy atom. The monoisotopic (exact) mass is 298 g/mol. The molecule has 6 heteroatoms. The number of nitrogens with two attached hydrogens (primary N) is 1. The third-order valence-corrected chi connectivity index (χ3v) is 3.24. The fraction of sp³-hybridized carbons (Fsp3) is 0.143. The van der Waals surface area contributed by atoms with E-state index in [1.807, 2.05) is 0 Å². The van der Waals surface area contributed by atoms with Gasteiger partial charge in [0.2, 0.25) is 0 Å². The lowest BCUT2D eigenvalue weighted by Crippen LogP contribution is -2.29. The van der Waals surface area contributed by atoms with E-state index in [4.69, 9.17) is 22.2 Å². The lowest BCUT2D eigenvalue weighted by molar-refractivity contribution is 0.385. The molecule has 20 heavy (non-hydrogen) atoms. The third kappa shape index (κ3) is 2.90. The van der Waals surface area contributed by atoms with Gasteiger partial charge < -0.3 is 4.74 Å². The van der Waals surface area contributed by atoms with Gasteiger partial charge in [0, 0.05) is 0 Å². The number of nitrogens with one attached hydrogen (secondary N) is 1. The van der Waals surface area contributed by atoms with E-state index in [1.54, 1.807) is 6.07 Å². The van der Waals surface area contributed by atoms with Gasteiger partial charge in [-0.1, -0.05) is 23.7 Å². The molecule has 2 rings (SSSR count). The summed E-state index contributed by atoms with van der Waals surface area (Å²) in [5, 5.41) is -0.0169. The highest BCUT2D eigenvalue weighted by Gasteiger charge is 2.16. The molecule has 106 valence electrons. The topological polar surface area (TPSA) is 47.3 Å². The Bertz CT molecular complexity index is 622. The predicted octanol–water partition coefficient (Wildman–Crippen LogP) is 3.18. The molecule has 0 bridgehead atoms. The van der Waals surface area contributed by atoms with Crippen LogP contribution in [0.5, 0.6) is 5.75 Å². The standard InChI is InChI=1S/C14H13ClF2N2O/c1-20-13-5-3-9(7-12(13)17)14(19-18)8-2-4-11(16)10(15)6-8/h2-7,14,19H,18H2,1H3. The van der Waals surface area contributed by atoms with Crippen LogP contribution in [0.4, 0.5) is 8.78 Å². The van der Waals surface area contributed by atoms with Gasteiger partial charge in [0.05, 0.1) is 18.2 Å². The first-order valence-corrected chi connectivity index (χ1v) is 6.19. The van der Waals surface area contributed by atoms with Crippen molar-refractivity contribution >= 4 is 11.6 Å². The summed E-state index contributed by atoms with van der Waals surface area (Å²) in [5.41, 5.74) is 3.76. The Kier molecular flexibility index (Phi) is 4.54. The molecule has 0 heterocycles. The summed E-state index contributed by atoms with van der Waals surface area (Å²) in [7, 11) is 1.39. The molecule has 0 radical (unpaired) electrons. The Hall–Kier alpha value is -1.69. The van der Waals surface area contributed by atoms with Crippen LogP contribution in [-0.4, -0.2) is 7.11 Å². The number of methoxy groups -OCH3 is 1. The summed E-state index contributed by atoms with van der Waals surface area (Å²) in [6, 6.07) is 8.19. The van der Waals surface area contributed by atoms with Crippen LogP contribution in [0.2, 0.25) is 5.02 Å². The molecular formula is C14H13ClF2N2O. The average Bonchev–Trinajstić information content (AvgIpc) is 2.44. The molecule has 0 saturated heterocycles. The van der Waals surface area contributed by atoms with Crippen LogP contribution in [0, 0.1) is 11.6 Å². The normalized spacial score (nSPS) is 12.2. The number of hydrogen-bond acceptors (Lipinski definition) is 3. The quantitative estimate of drug-likeness (QED) is 0.673. The number of rotatable bonds is 4. The number of hydrazine groups is 1. The third-order valence-electron chi connectivity index (χ3n) is 2.95. The molecule has 0 aliphatic heterocycles. The summed E-state index contributed by atoms with van der Waals surface area (Å²) in [6.45, 7) is 0. The number of benzene rings is 2. The van der Waals surface area contributed by atoms with Crippen LogP contribution in [0.25, 0.3) is 0 Å². The molecule has 0 aliphatic rings. The van der Waals surface area contributed by atoms with E-state index >= 15 is 0 Å². The van der Waals surface area contributed by atoms with Gasteiger partial charge in [-0.15, -0.1) is 0 Å². The summed E-state index contributed by atoms with van der Waals surface area (Å²) in [6.07, 6.45) is 0. The smallest absolute Gasteiger partial charge is 0.165 e. The fourth-order valence-electron chi connectivity index (χ4n) is 1.94. The van der Waals surface area contributed by atoms with Gasteiger partial charge in [-0.2, -0.15) is 0 Å². The second kappa shape index (κ2) is 6.17. The van der Waals surface area contributed by atoms with Gasteiger partial charge in [0.25, 0.3) is 0 Å². The fourth-order valence-corrected chi connectivity index (χ4v) is 2.13. The minimum Gasteiger partial charge on any atom is -0.494 e. The summed E-state index contributed by atoms with van der Waals surface area (Å²) in [5.74, 6) is 4.62. The maximum absolute atomic E-state index is 13.7. The van der Waals surface area contributed by atoms with Crippen molar-refractivity contribution in [3.63, 3.8) is 0 Å². The van der Waals surface area contributed by atoms with E-state index in [2.05, 4.69) is 5.43 Å². The maximum Gasteiger partial charge on any atom is 0.165 e. The van der Waals surface area contributed by atoms with E-state index in [0.29, 0.717) is 11.1 Å². The predicted molar refractivity (Wildman–Crippen MR) is 73.5 cm³/mol. The van der Waals surface area contributed by atoms with E-state index in [9.17, 15) is 8.78 Å². The number of hydrogen-bond donors (Lipinski definition) is 2. The molecule has 0 spiro atoms. The van der Waals surface area contributed by atoms with E-state index < -0.39 is 17.7 Å². The summed E-state index contributed by atoms with van der Waals surface area (Å²) in [4.78, 5) is 0. The lowest BCUT2D eigenvalue weighted by Gasteiger charge is -2.18. The molecule has 3 N–H and O–H groups in total. The molecule has 3 nitrogen and oxygen atoms in total. The van der Waals surface area contributed by atoms with Gasteiger partial charge in [-0.3, -0.25) is 5.84 Å². The Morgan fingerprint density at radius 2 is 1.75 bits per heavy atom. The molecular weight excluding hydrogens is 286 g/mol. The van der Waals surface area contributed by atoms with Crippen LogP contribution in [0.3, 0.4) is 0 Å². The van der Waals surface area contributed by atoms with Gasteiger partial charge >= 0.3 is 0 Å². The van der Waals surface area contributed by atoms with E-state index in [0.717, 1.165) is 0 Å². The summed E-state index contributed by atoms with van der Waals surface area (Å²) < 4.78 is 31.8. The number of halogens is 3. The lowest BCUT2D eigenvalue weighted by atomic mass is 9.99. The van der Waals surface area contributed by atoms with Crippen LogP contribution >= 0.6 is 11.6 Å². The zero-order valence-corrected chi connectivity index (χ0v) is 11.4. The second-order valence-electron chi connectivity index (χ2n) is 4.17. The van der Waals surface area contributed by atoms with E-state index in [1.165, 1.54) is 37.4 Å². The van der Waals surface area contributed by atoms with Crippen molar-refractivity contribution in [2.45, 2.75) is 6.04 Å². The minimum atomic E-state index is -0.521. The average molecular weight is 299 g/mol. The first kappa shape index (κ1) is 14.7. The molecule has 1 unspecified atom stereocenters. The minimum absolute atomic E-state index is 0.0169. The zero-order chi connectivity index (χ0) is 14.7. The second-order valence-corrected chi connectivity index (χ2v) is 4.57. The largest absolute Gasteiger partial charge is 0.494 e. The molecule has 2 aromatic rings. The molecule has 0 fully saturated rings.